The summed E-state index contributed by atoms with van der Waals surface area (Å²) in [6.07, 6.45) is 0. The molecule has 142 valence electrons. The highest BCUT2D eigenvalue weighted by molar-refractivity contribution is 5.73. The van der Waals surface area contributed by atoms with Crippen LogP contribution in [0.5, 0.6) is 0 Å². The van der Waals surface area contributed by atoms with Gasteiger partial charge in [-0.3, -0.25) is 34.0 Å². The number of aromatic nitrogens is 1. The molecule has 4 N–H and O–H groups in total. The van der Waals surface area contributed by atoms with Gasteiger partial charge in [0.05, 0.1) is 37.6 Å². The third-order valence-electron chi connectivity index (χ3n) is 3.07. The number of carboxylic acids is 4. The molecule has 0 aromatic carbocycles. The molecule has 0 fully saturated rings. The molecule has 11 heteroatoms. The summed E-state index contributed by atoms with van der Waals surface area (Å²) < 4.78 is 0. The molecule has 11 nitrogen and oxygen atoms in total. The van der Waals surface area contributed by atoms with E-state index in [-0.39, 0.29) is 13.1 Å². The van der Waals surface area contributed by atoms with Gasteiger partial charge in [0.1, 0.15) is 0 Å². The van der Waals surface area contributed by atoms with Crippen LogP contribution < -0.4 is 0 Å². The lowest BCUT2D eigenvalue weighted by Crippen LogP contribution is -2.35. The minimum Gasteiger partial charge on any atom is -0.480 e. The van der Waals surface area contributed by atoms with E-state index >= 15 is 0 Å². The van der Waals surface area contributed by atoms with Crippen molar-refractivity contribution in [3.63, 3.8) is 0 Å². The first-order valence-electron chi connectivity index (χ1n) is 7.42. The van der Waals surface area contributed by atoms with E-state index in [2.05, 4.69) is 4.98 Å². The zero-order chi connectivity index (χ0) is 19.7. The van der Waals surface area contributed by atoms with Gasteiger partial charge in [0.2, 0.25) is 0 Å². The van der Waals surface area contributed by atoms with Crippen molar-refractivity contribution >= 4 is 23.9 Å². The van der Waals surface area contributed by atoms with E-state index in [1.165, 1.54) is 9.80 Å². The Bertz CT molecular complexity index is 593. The third kappa shape index (κ3) is 8.70. The zero-order valence-electron chi connectivity index (χ0n) is 13.7. The standard InChI is InChI=1S/C15H19N3O8/c19-12(20)6-17(7-13(21)22)4-10-2-1-3-11(16-10)5-18(8-14(23)24)9-15(25)26/h1-3H,4-9H2,(H,19,20)(H,21,22)(H,23,24)(H,25,26). The Morgan fingerprint density at radius 2 is 1.00 bits per heavy atom. The largest absolute Gasteiger partial charge is 0.480 e. The molecule has 0 amide bonds. The first kappa shape index (κ1) is 21.0. The fraction of sp³-hybridized carbons (Fsp3) is 0.400. The molecule has 0 saturated carbocycles. The average Bonchev–Trinajstić information content (AvgIpc) is 2.44. The highest BCUT2D eigenvalue weighted by atomic mass is 16.4. The van der Waals surface area contributed by atoms with Crippen LogP contribution in [0.2, 0.25) is 0 Å². The van der Waals surface area contributed by atoms with Gasteiger partial charge < -0.3 is 20.4 Å². The van der Waals surface area contributed by atoms with Gasteiger partial charge >= 0.3 is 23.9 Å². The van der Waals surface area contributed by atoms with E-state index in [1.54, 1.807) is 18.2 Å². The van der Waals surface area contributed by atoms with Crippen molar-refractivity contribution < 1.29 is 39.6 Å². The molecule has 0 bridgehead atoms. The van der Waals surface area contributed by atoms with Crippen LogP contribution >= 0.6 is 0 Å². The van der Waals surface area contributed by atoms with Crippen molar-refractivity contribution in [2.75, 3.05) is 26.2 Å². The second kappa shape index (κ2) is 10.1. The minimum atomic E-state index is -1.18. The Morgan fingerprint density at radius 1 is 0.692 bits per heavy atom. The second-order valence-electron chi connectivity index (χ2n) is 5.49. The van der Waals surface area contributed by atoms with Crippen LogP contribution in [0, 0.1) is 0 Å². The zero-order valence-corrected chi connectivity index (χ0v) is 13.7. The van der Waals surface area contributed by atoms with E-state index < -0.39 is 50.1 Å². The molecule has 1 aromatic heterocycles. The number of aliphatic carboxylic acids is 4. The number of carboxylic acid groups (broad SMARTS) is 4. The van der Waals surface area contributed by atoms with Crippen LogP contribution in [0.1, 0.15) is 11.4 Å². The summed E-state index contributed by atoms with van der Waals surface area (Å²) in [6.45, 7) is -2.01. The normalized spacial score (nSPS) is 10.8. The van der Waals surface area contributed by atoms with E-state index in [0.717, 1.165) is 0 Å². The first-order valence-corrected chi connectivity index (χ1v) is 7.42. The average molecular weight is 369 g/mol. The molecule has 0 aliphatic heterocycles. The smallest absolute Gasteiger partial charge is 0.317 e. The SMILES string of the molecule is O=C(O)CN(CC(=O)O)Cc1cccc(CN(CC(=O)O)CC(=O)O)n1. The lowest BCUT2D eigenvalue weighted by Gasteiger charge is -2.19. The summed E-state index contributed by atoms with van der Waals surface area (Å²) >= 11 is 0. The number of carbonyl (C=O) groups is 4. The van der Waals surface area contributed by atoms with Gasteiger partial charge in [-0.2, -0.15) is 0 Å². The predicted octanol–water partition coefficient (Wildman–Crippen LogP) is -0.976. The molecule has 0 atom stereocenters. The molecule has 0 unspecified atom stereocenters. The summed E-state index contributed by atoms with van der Waals surface area (Å²) in [7, 11) is 0. The quantitative estimate of drug-likeness (QED) is 0.357. The predicted molar refractivity (Wildman–Crippen MR) is 85.3 cm³/mol. The van der Waals surface area contributed by atoms with E-state index in [0.29, 0.717) is 11.4 Å². The molecule has 26 heavy (non-hydrogen) atoms. The number of hydrogen-bond donors (Lipinski definition) is 4. The van der Waals surface area contributed by atoms with Gasteiger partial charge in [-0.25, -0.2) is 0 Å². The summed E-state index contributed by atoms with van der Waals surface area (Å²) in [4.78, 5) is 49.9. The van der Waals surface area contributed by atoms with Crippen LogP contribution in [0.4, 0.5) is 0 Å². The lowest BCUT2D eigenvalue weighted by atomic mass is 10.2. The maximum absolute atomic E-state index is 10.8. The summed E-state index contributed by atoms with van der Waals surface area (Å²) in [5.41, 5.74) is 0.770. The number of nitrogens with zero attached hydrogens (tertiary/aromatic N) is 3. The van der Waals surface area contributed by atoms with E-state index in [4.69, 9.17) is 20.4 Å². The van der Waals surface area contributed by atoms with Crippen LogP contribution in [0.25, 0.3) is 0 Å². The topological polar surface area (TPSA) is 169 Å². The summed E-state index contributed by atoms with van der Waals surface area (Å²) in [5.74, 6) is -4.74. The highest BCUT2D eigenvalue weighted by Crippen LogP contribution is 2.07. The molecule has 0 saturated heterocycles. The molecule has 0 aliphatic rings. The van der Waals surface area contributed by atoms with Gasteiger partial charge in [-0.1, -0.05) is 6.07 Å². The van der Waals surface area contributed by atoms with Crippen LogP contribution in [-0.2, 0) is 32.3 Å². The Labute approximate surface area is 148 Å². The molecule has 1 rings (SSSR count). The van der Waals surface area contributed by atoms with E-state index in [1.807, 2.05) is 0 Å². The van der Waals surface area contributed by atoms with Crippen molar-refractivity contribution in [3.8, 4) is 0 Å². The van der Waals surface area contributed by atoms with Gasteiger partial charge in [-0.15, -0.1) is 0 Å². The minimum absolute atomic E-state index is 0.0374. The first-order chi connectivity index (χ1) is 12.2. The molecule has 0 radical (unpaired) electrons. The van der Waals surface area contributed by atoms with Crippen molar-refractivity contribution in [2.24, 2.45) is 0 Å². The van der Waals surface area contributed by atoms with Gasteiger partial charge in [0.25, 0.3) is 0 Å². The summed E-state index contributed by atoms with van der Waals surface area (Å²) in [5, 5.41) is 35.4. The monoisotopic (exact) mass is 369 g/mol. The van der Waals surface area contributed by atoms with Gasteiger partial charge in [0.15, 0.2) is 0 Å². The fourth-order valence-corrected chi connectivity index (χ4v) is 2.26. The number of hydrogen-bond acceptors (Lipinski definition) is 7. The molecule has 1 heterocycles. The number of rotatable bonds is 12. The Morgan fingerprint density at radius 3 is 1.27 bits per heavy atom. The van der Waals surface area contributed by atoms with Crippen LogP contribution in [-0.4, -0.2) is 85.3 Å². The molecular weight excluding hydrogens is 350 g/mol. The Kier molecular flexibility index (Phi) is 8.12. The molecular formula is C15H19N3O8. The van der Waals surface area contributed by atoms with E-state index in [9.17, 15) is 19.2 Å². The maximum Gasteiger partial charge on any atom is 0.317 e. The van der Waals surface area contributed by atoms with Crippen molar-refractivity contribution in [1.82, 2.24) is 14.8 Å². The third-order valence-corrected chi connectivity index (χ3v) is 3.07. The van der Waals surface area contributed by atoms with Crippen LogP contribution in [0.15, 0.2) is 18.2 Å². The van der Waals surface area contributed by atoms with Crippen LogP contribution in [0.3, 0.4) is 0 Å². The van der Waals surface area contributed by atoms with Gasteiger partial charge in [0, 0.05) is 13.1 Å². The Balaban J connectivity index is 2.86. The fourth-order valence-electron chi connectivity index (χ4n) is 2.26. The second-order valence-corrected chi connectivity index (χ2v) is 5.49. The van der Waals surface area contributed by atoms with Crippen molar-refractivity contribution in [3.05, 3.63) is 29.6 Å². The maximum atomic E-state index is 10.8. The van der Waals surface area contributed by atoms with Gasteiger partial charge in [-0.05, 0) is 12.1 Å². The molecule has 0 aliphatic carbocycles. The molecule has 0 spiro atoms. The molecule has 1 aromatic rings. The highest BCUT2D eigenvalue weighted by Gasteiger charge is 2.17. The lowest BCUT2D eigenvalue weighted by molar-refractivity contribution is -0.144. The van der Waals surface area contributed by atoms with Crippen molar-refractivity contribution in [1.29, 1.82) is 0 Å². The van der Waals surface area contributed by atoms with Crippen molar-refractivity contribution in [2.45, 2.75) is 13.1 Å². The Hall–Kier alpha value is -3.05. The number of pyridine rings is 1. The summed E-state index contributed by atoms with van der Waals surface area (Å²) in [6, 6.07) is 4.73.